The summed E-state index contributed by atoms with van der Waals surface area (Å²) in [6.45, 7) is 18.0. The van der Waals surface area contributed by atoms with Crippen LogP contribution in [0.4, 0.5) is 0 Å². The SMILES string of the molecule is CC[C@H](C)[C@H](NC(=O)[C@H](CS)NC(=O)[C@H](CO)NC(=O)[C@H](CC(C)C)NC(=O)[C@H](CC(C)C)NC(=O)[C@@H](NC(=O)[C@H](C)NC(=O)[C@H](CC(C)C)NC(=O)[C@@H](N)CC(=O)O)[C@@H](C)CC)C(=O)O. The second kappa shape index (κ2) is 30.3. The number of amides is 8. The molecule has 0 saturated heterocycles. The van der Waals surface area contributed by atoms with E-state index in [1.165, 1.54) is 6.92 Å². The fourth-order valence-corrected chi connectivity index (χ4v) is 6.69. The first-order valence-corrected chi connectivity index (χ1v) is 23.1. The summed E-state index contributed by atoms with van der Waals surface area (Å²) < 4.78 is 0. The van der Waals surface area contributed by atoms with Gasteiger partial charge in [-0.25, -0.2) is 4.79 Å². The van der Waals surface area contributed by atoms with E-state index in [1.54, 1.807) is 69.2 Å². The molecule has 11 atom stereocenters. The molecule has 0 unspecified atom stereocenters. The molecule has 0 heterocycles. The third-order valence-corrected chi connectivity index (χ3v) is 11.1. The van der Waals surface area contributed by atoms with E-state index < -0.39 is 138 Å². The van der Waals surface area contributed by atoms with Gasteiger partial charge in [-0.2, -0.15) is 12.6 Å². The third-order valence-electron chi connectivity index (χ3n) is 10.7. The van der Waals surface area contributed by atoms with E-state index in [0.29, 0.717) is 12.8 Å². The smallest absolute Gasteiger partial charge is 0.326 e. The van der Waals surface area contributed by atoms with Crippen LogP contribution < -0.4 is 48.3 Å². The highest BCUT2D eigenvalue weighted by Gasteiger charge is 2.36. The summed E-state index contributed by atoms with van der Waals surface area (Å²) in [4.78, 5) is 130. The monoisotopic (exact) mass is 960 g/mol. The molecule has 0 aromatic heterocycles. The lowest BCUT2D eigenvalue weighted by Crippen LogP contribution is -2.61. The second-order valence-electron chi connectivity index (χ2n) is 18.1. The number of carbonyl (C=O) groups excluding carboxylic acids is 8. The molecule has 22 nitrogen and oxygen atoms in total. The van der Waals surface area contributed by atoms with Crippen LogP contribution in [0.1, 0.15) is 115 Å². The minimum absolute atomic E-state index is 0.0551. The van der Waals surface area contributed by atoms with Crippen molar-refractivity contribution in [1.29, 1.82) is 0 Å². The van der Waals surface area contributed by atoms with Crippen molar-refractivity contribution >= 4 is 71.8 Å². The maximum absolute atomic E-state index is 14.0. The average molecular weight is 960 g/mol. The highest BCUT2D eigenvalue weighted by Crippen LogP contribution is 2.14. The van der Waals surface area contributed by atoms with Gasteiger partial charge in [-0.1, -0.05) is 82.1 Å². The molecule has 0 aliphatic carbocycles. The molecule has 0 spiro atoms. The Hall–Kier alpha value is -5.03. The zero-order chi connectivity index (χ0) is 51.2. The van der Waals surface area contributed by atoms with Crippen molar-refractivity contribution in [3.63, 3.8) is 0 Å². The summed E-state index contributed by atoms with van der Waals surface area (Å²) in [7, 11) is 0. The third kappa shape index (κ3) is 22.0. The van der Waals surface area contributed by atoms with E-state index in [-0.39, 0.29) is 42.8 Å². The Morgan fingerprint density at radius 1 is 0.470 bits per heavy atom. The van der Waals surface area contributed by atoms with E-state index in [0.717, 1.165) is 0 Å². The van der Waals surface area contributed by atoms with Crippen LogP contribution in [-0.2, 0) is 47.9 Å². The van der Waals surface area contributed by atoms with Gasteiger partial charge >= 0.3 is 11.9 Å². The normalized spacial score (nSPS) is 16.4. The Morgan fingerprint density at radius 2 is 0.818 bits per heavy atom. The van der Waals surface area contributed by atoms with Crippen molar-refractivity contribution in [1.82, 2.24) is 42.5 Å². The number of thiol groups is 1. The molecule has 0 aromatic carbocycles. The summed E-state index contributed by atoms with van der Waals surface area (Å²) in [5.41, 5.74) is 5.67. The van der Waals surface area contributed by atoms with E-state index >= 15 is 0 Å². The standard InChI is InChI=1S/C43H77N9O13S/c1-12-23(9)33(51-35(56)25(11)45-37(58)27(14-20(3)4)46-36(57)26(44)17-32(54)55)42(63)48-29(16-22(7)8)38(59)47-28(15-21(5)6)39(60)49-30(18-53)40(61)50-31(19-66)41(62)52-34(43(64)65)24(10)13-2/h20-31,33-34,53,66H,12-19,44H2,1-11H3,(H,45,58)(H,46,57)(H,47,59)(H,48,63)(H,49,60)(H,50,61)(H,51,56)(H,52,62)(H,54,55)(H,64,65)/t23-,24-,25-,26-,27-,28-,29-,30-,31-,33-,34-/m0/s1. The average Bonchev–Trinajstić information content (AvgIpc) is 3.22. The van der Waals surface area contributed by atoms with Crippen LogP contribution in [0.5, 0.6) is 0 Å². The van der Waals surface area contributed by atoms with Crippen molar-refractivity contribution in [2.24, 2.45) is 35.3 Å². The molecule has 0 aliphatic heterocycles. The number of rotatable bonds is 31. The Kier molecular flexibility index (Phi) is 28.0. The quantitative estimate of drug-likeness (QED) is 0.0368. The van der Waals surface area contributed by atoms with Gasteiger partial charge in [0.05, 0.1) is 19.1 Å². The highest BCUT2D eigenvalue weighted by atomic mass is 32.1. The van der Waals surface area contributed by atoms with E-state index in [1.807, 2.05) is 0 Å². The Morgan fingerprint density at radius 3 is 1.21 bits per heavy atom. The lowest BCUT2D eigenvalue weighted by Gasteiger charge is -2.30. The zero-order valence-corrected chi connectivity index (χ0v) is 41.1. The van der Waals surface area contributed by atoms with Crippen molar-refractivity contribution in [2.45, 2.75) is 169 Å². The summed E-state index contributed by atoms with van der Waals surface area (Å²) in [5, 5.41) is 48.8. The number of aliphatic hydroxyl groups is 1. The van der Waals surface area contributed by atoms with Crippen LogP contribution in [-0.4, -0.2) is 141 Å². The fraction of sp³-hybridized carbons (Fsp3) is 0.767. The molecule has 66 heavy (non-hydrogen) atoms. The number of carbonyl (C=O) groups is 10. The molecule has 0 saturated carbocycles. The van der Waals surface area contributed by atoms with Crippen molar-refractivity contribution < 1.29 is 63.3 Å². The van der Waals surface area contributed by atoms with Crippen LogP contribution in [0.15, 0.2) is 0 Å². The molecule has 0 aromatic rings. The summed E-state index contributed by atoms with van der Waals surface area (Å²) >= 11 is 4.11. The topological polar surface area (TPSA) is 354 Å². The summed E-state index contributed by atoms with van der Waals surface area (Å²) in [6, 6.07) is -11.7. The predicted molar refractivity (Wildman–Crippen MR) is 247 cm³/mol. The van der Waals surface area contributed by atoms with Gasteiger partial charge in [0.25, 0.3) is 0 Å². The van der Waals surface area contributed by atoms with Crippen LogP contribution in [0.25, 0.3) is 0 Å². The zero-order valence-electron chi connectivity index (χ0n) is 40.2. The second-order valence-corrected chi connectivity index (χ2v) is 18.4. The Labute approximate surface area is 393 Å². The summed E-state index contributed by atoms with van der Waals surface area (Å²) in [6.07, 6.45) is 0.449. The molecular formula is C43H77N9O13S. The van der Waals surface area contributed by atoms with Gasteiger partial charge in [-0.15, -0.1) is 0 Å². The number of aliphatic hydroxyl groups excluding tert-OH is 1. The molecule has 378 valence electrons. The molecule has 0 rings (SSSR count). The van der Waals surface area contributed by atoms with Gasteiger partial charge in [0.1, 0.15) is 48.3 Å². The minimum atomic E-state index is -1.61. The van der Waals surface area contributed by atoms with Crippen molar-refractivity contribution in [3.05, 3.63) is 0 Å². The first-order valence-electron chi connectivity index (χ1n) is 22.5. The van der Waals surface area contributed by atoms with Crippen LogP contribution in [0.2, 0.25) is 0 Å². The number of hydrogen-bond donors (Lipinski definition) is 13. The maximum Gasteiger partial charge on any atom is 0.326 e. The van der Waals surface area contributed by atoms with E-state index in [4.69, 9.17) is 10.8 Å². The lowest BCUT2D eigenvalue weighted by atomic mass is 9.96. The van der Waals surface area contributed by atoms with Gasteiger partial charge in [0.15, 0.2) is 0 Å². The van der Waals surface area contributed by atoms with Crippen LogP contribution >= 0.6 is 12.6 Å². The van der Waals surface area contributed by atoms with Gasteiger partial charge in [0, 0.05) is 5.75 Å². The van der Waals surface area contributed by atoms with Gasteiger partial charge < -0.3 is 63.6 Å². The van der Waals surface area contributed by atoms with Crippen LogP contribution in [0.3, 0.4) is 0 Å². The molecule has 0 fully saturated rings. The molecule has 0 bridgehead atoms. The highest BCUT2D eigenvalue weighted by molar-refractivity contribution is 7.80. The summed E-state index contributed by atoms with van der Waals surface area (Å²) in [5.74, 6) is -10.8. The minimum Gasteiger partial charge on any atom is -0.481 e. The first-order chi connectivity index (χ1) is 30.6. The number of nitrogens with one attached hydrogen (secondary N) is 8. The molecule has 13 N–H and O–H groups in total. The molecular weight excluding hydrogens is 883 g/mol. The van der Waals surface area contributed by atoms with Gasteiger partial charge in [0.2, 0.25) is 47.3 Å². The van der Waals surface area contributed by atoms with E-state index in [2.05, 4.69) is 55.2 Å². The lowest BCUT2D eigenvalue weighted by molar-refractivity contribution is -0.143. The molecule has 23 heteroatoms. The predicted octanol–water partition coefficient (Wildman–Crippen LogP) is -1.08. The van der Waals surface area contributed by atoms with Crippen molar-refractivity contribution in [2.75, 3.05) is 12.4 Å². The first kappa shape index (κ1) is 61.0. The number of hydrogen-bond acceptors (Lipinski definition) is 13. The Balaban J connectivity index is 6.21. The molecule has 0 radical (unpaired) electrons. The largest absolute Gasteiger partial charge is 0.481 e. The number of carboxylic acids is 2. The maximum atomic E-state index is 14.0. The number of nitrogens with two attached hydrogens (primary N) is 1. The van der Waals surface area contributed by atoms with E-state index in [9.17, 15) is 58.2 Å². The van der Waals surface area contributed by atoms with Gasteiger partial charge in [-0.05, 0) is 55.8 Å². The molecule has 8 amide bonds. The number of carboxylic acid groups (broad SMARTS) is 2. The van der Waals surface area contributed by atoms with Crippen molar-refractivity contribution in [3.8, 4) is 0 Å². The van der Waals surface area contributed by atoms with Crippen LogP contribution in [0, 0.1) is 29.6 Å². The number of aliphatic carboxylic acids is 2. The molecule has 0 aliphatic rings. The Bertz CT molecular complexity index is 1670. The fourth-order valence-electron chi connectivity index (χ4n) is 6.43. The van der Waals surface area contributed by atoms with Gasteiger partial charge in [-0.3, -0.25) is 43.2 Å².